The summed E-state index contributed by atoms with van der Waals surface area (Å²) in [5.74, 6) is 0. The molecule has 5 heteroatoms. The quantitative estimate of drug-likeness (QED) is 0.648. The Morgan fingerprint density at radius 3 is 2.65 bits per heavy atom. The summed E-state index contributed by atoms with van der Waals surface area (Å²) in [6, 6.07) is 7.47. The molecule has 1 aliphatic rings. The van der Waals surface area contributed by atoms with Crippen molar-refractivity contribution in [2.24, 2.45) is 5.10 Å². The zero-order chi connectivity index (χ0) is 14.4. The van der Waals surface area contributed by atoms with Crippen LogP contribution in [0.4, 0.5) is 4.79 Å². The standard InChI is InChI=1S/C15H20ClN3O/c1-11(13-9-5-6-10-14(13)16)18-19-15(20)17-12-7-3-2-4-8-12/h5-6,9-10,12H,2-4,7-8H2,1H3,(H2,17,19,20)/b18-11-. The average Bonchev–Trinajstić information content (AvgIpc) is 2.46. The van der Waals surface area contributed by atoms with Crippen LogP contribution in [0, 0.1) is 0 Å². The van der Waals surface area contributed by atoms with E-state index in [-0.39, 0.29) is 12.1 Å². The summed E-state index contributed by atoms with van der Waals surface area (Å²) in [4.78, 5) is 11.8. The molecule has 1 fully saturated rings. The van der Waals surface area contributed by atoms with Crippen molar-refractivity contribution in [1.29, 1.82) is 0 Å². The number of carbonyl (C=O) groups is 1. The Morgan fingerprint density at radius 1 is 1.25 bits per heavy atom. The monoisotopic (exact) mass is 293 g/mol. The molecule has 108 valence electrons. The number of urea groups is 1. The Kier molecular flexibility index (Phi) is 5.41. The predicted octanol–water partition coefficient (Wildman–Crippen LogP) is 3.70. The highest BCUT2D eigenvalue weighted by atomic mass is 35.5. The molecule has 0 radical (unpaired) electrons. The third-order valence-electron chi connectivity index (χ3n) is 3.53. The molecule has 0 unspecified atom stereocenters. The maximum Gasteiger partial charge on any atom is 0.335 e. The van der Waals surface area contributed by atoms with Crippen LogP contribution < -0.4 is 10.7 Å². The summed E-state index contributed by atoms with van der Waals surface area (Å²) in [7, 11) is 0. The van der Waals surface area contributed by atoms with Crippen molar-refractivity contribution in [3.63, 3.8) is 0 Å². The fraction of sp³-hybridized carbons (Fsp3) is 0.467. The van der Waals surface area contributed by atoms with E-state index >= 15 is 0 Å². The molecule has 0 atom stereocenters. The third-order valence-corrected chi connectivity index (χ3v) is 3.86. The number of benzene rings is 1. The van der Waals surface area contributed by atoms with E-state index in [2.05, 4.69) is 15.8 Å². The van der Waals surface area contributed by atoms with Crippen molar-refractivity contribution in [1.82, 2.24) is 10.7 Å². The number of carbonyl (C=O) groups excluding carboxylic acids is 1. The Balaban J connectivity index is 1.88. The number of hydrogen-bond donors (Lipinski definition) is 2. The van der Waals surface area contributed by atoms with E-state index < -0.39 is 0 Å². The van der Waals surface area contributed by atoms with Gasteiger partial charge in [-0.1, -0.05) is 49.1 Å². The van der Waals surface area contributed by atoms with Crippen molar-refractivity contribution < 1.29 is 4.79 Å². The number of nitrogens with zero attached hydrogens (tertiary/aromatic N) is 1. The molecule has 2 amide bonds. The molecule has 1 aromatic rings. The first kappa shape index (κ1) is 14.9. The van der Waals surface area contributed by atoms with Crippen LogP contribution in [0.3, 0.4) is 0 Å². The minimum Gasteiger partial charge on any atom is -0.334 e. The van der Waals surface area contributed by atoms with Gasteiger partial charge in [-0.2, -0.15) is 5.10 Å². The number of rotatable bonds is 3. The fourth-order valence-electron chi connectivity index (χ4n) is 2.41. The normalized spacial score (nSPS) is 16.8. The predicted molar refractivity (Wildman–Crippen MR) is 82.2 cm³/mol. The molecule has 1 saturated carbocycles. The Morgan fingerprint density at radius 2 is 1.95 bits per heavy atom. The van der Waals surface area contributed by atoms with Crippen molar-refractivity contribution >= 4 is 23.3 Å². The van der Waals surface area contributed by atoms with Crippen LogP contribution in [-0.2, 0) is 0 Å². The number of hydrogen-bond acceptors (Lipinski definition) is 2. The molecule has 1 aromatic carbocycles. The SMILES string of the molecule is C/C(=N/NC(=O)NC1CCCCC1)c1ccccc1Cl. The lowest BCUT2D eigenvalue weighted by atomic mass is 9.96. The highest BCUT2D eigenvalue weighted by Gasteiger charge is 2.15. The Bertz CT molecular complexity index is 496. The van der Waals surface area contributed by atoms with Crippen LogP contribution in [-0.4, -0.2) is 17.8 Å². The molecule has 4 nitrogen and oxygen atoms in total. The molecule has 1 aliphatic carbocycles. The van der Waals surface area contributed by atoms with E-state index in [1.54, 1.807) is 6.07 Å². The van der Waals surface area contributed by atoms with Crippen LogP contribution in [0.25, 0.3) is 0 Å². The molecule has 0 aliphatic heterocycles. The fourth-order valence-corrected chi connectivity index (χ4v) is 2.69. The second-order valence-corrected chi connectivity index (χ2v) is 5.50. The van der Waals surface area contributed by atoms with Gasteiger partial charge in [-0.05, 0) is 25.8 Å². The van der Waals surface area contributed by atoms with Gasteiger partial charge >= 0.3 is 6.03 Å². The van der Waals surface area contributed by atoms with Crippen molar-refractivity contribution in [2.45, 2.75) is 45.1 Å². The lowest BCUT2D eigenvalue weighted by Crippen LogP contribution is -2.41. The maximum absolute atomic E-state index is 11.8. The van der Waals surface area contributed by atoms with Crippen molar-refractivity contribution in [2.75, 3.05) is 0 Å². The lowest BCUT2D eigenvalue weighted by Gasteiger charge is -2.22. The first-order valence-electron chi connectivity index (χ1n) is 7.02. The second kappa shape index (κ2) is 7.29. The van der Waals surface area contributed by atoms with Gasteiger partial charge in [0.15, 0.2) is 0 Å². The Hall–Kier alpha value is -1.55. The van der Waals surface area contributed by atoms with Crippen LogP contribution in [0.5, 0.6) is 0 Å². The maximum atomic E-state index is 11.8. The first-order chi connectivity index (χ1) is 9.66. The average molecular weight is 294 g/mol. The number of halogens is 1. The summed E-state index contributed by atoms with van der Waals surface area (Å²) in [5.41, 5.74) is 4.05. The van der Waals surface area contributed by atoms with Gasteiger partial charge in [0.05, 0.1) is 5.71 Å². The molecule has 20 heavy (non-hydrogen) atoms. The van der Waals surface area contributed by atoms with Gasteiger partial charge in [0.25, 0.3) is 0 Å². The van der Waals surface area contributed by atoms with Gasteiger partial charge in [-0.25, -0.2) is 10.2 Å². The van der Waals surface area contributed by atoms with Crippen molar-refractivity contribution in [3.05, 3.63) is 34.9 Å². The molecule has 2 N–H and O–H groups in total. The van der Waals surface area contributed by atoms with E-state index in [0.717, 1.165) is 18.4 Å². The molecule has 0 heterocycles. The first-order valence-corrected chi connectivity index (χ1v) is 7.40. The lowest BCUT2D eigenvalue weighted by molar-refractivity contribution is 0.233. The topological polar surface area (TPSA) is 53.5 Å². The zero-order valence-electron chi connectivity index (χ0n) is 11.7. The number of hydrazone groups is 1. The van der Waals surface area contributed by atoms with Gasteiger partial charge in [0.1, 0.15) is 0 Å². The molecular weight excluding hydrogens is 274 g/mol. The second-order valence-electron chi connectivity index (χ2n) is 5.10. The highest BCUT2D eigenvalue weighted by Crippen LogP contribution is 2.17. The zero-order valence-corrected chi connectivity index (χ0v) is 12.4. The summed E-state index contributed by atoms with van der Waals surface area (Å²) in [5, 5.41) is 7.67. The van der Waals surface area contributed by atoms with E-state index in [0.29, 0.717) is 10.7 Å². The number of nitrogens with one attached hydrogen (secondary N) is 2. The van der Waals surface area contributed by atoms with E-state index in [1.807, 2.05) is 25.1 Å². The summed E-state index contributed by atoms with van der Waals surface area (Å²) in [6.45, 7) is 1.82. The highest BCUT2D eigenvalue weighted by molar-refractivity contribution is 6.34. The summed E-state index contributed by atoms with van der Waals surface area (Å²) < 4.78 is 0. The van der Waals surface area contributed by atoms with Crippen LogP contribution in [0.1, 0.15) is 44.6 Å². The molecule has 0 aromatic heterocycles. The summed E-state index contributed by atoms with van der Waals surface area (Å²) >= 11 is 6.08. The van der Waals surface area contributed by atoms with E-state index in [9.17, 15) is 4.79 Å². The van der Waals surface area contributed by atoms with Crippen LogP contribution >= 0.6 is 11.6 Å². The molecule has 0 spiro atoms. The smallest absolute Gasteiger partial charge is 0.334 e. The van der Waals surface area contributed by atoms with E-state index in [1.165, 1.54) is 19.3 Å². The molecule has 0 saturated heterocycles. The van der Waals surface area contributed by atoms with E-state index in [4.69, 9.17) is 11.6 Å². The van der Waals surface area contributed by atoms with Crippen molar-refractivity contribution in [3.8, 4) is 0 Å². The largest absolute Gasteiger partial charge is 0.335 e. The minimum absolute atomic E-state index is 0.247. The molecule has 2 rings (SSSR count). The van der Waals surface area contributed by atoms with Gasteiger partial charge in [-0.15, -0.1) is 0 Å². The van der Waals surface area contributed by atoms with Gasteiger partial charge in [-0.3, -0.25) is 0 Å². The summed E-state index contributed by atoms with van der Waals surface area (Å²) in [6.07, 6.45) is 5.75. The molecule has 0 bridgehead atoms. The van der Waals surface area contributed by atoms with Gasteiger partial charge < -0.3 is 5.32 Å². The van der Waals surface area contributed by atoms with Gasteiger partial charge in [0, 0.05) is 16.6 Å². The Labute approximate surface area is 124 Å². The van der Waals surface area contributed by atoms with Gasteiger partial charge in [0.2, 0.25) is 0 Å². The molecular formula is C15H20ClN3O. The third kappa shape index (κ3) is 4.23. The van der Waals surface area contributed by atoms with Crippen LogP contribution in [0.15, 0.2) is 29.4 Å². The van der Waals surface area contributed by atoms with Crippen LogP contribution in [0.2, 0.25) is 5.02 Å². The minimum atomic E-state index is -0.247. The number of amides is 2.